The Morgan fingerprint density at radius 2 is 1.81 bits per heavy atom. The van der Waals surface area contributed by atoms with Crippen LogP contribution in [0.5, 0.6) is 5.75 Å². The molecule has 1 aliphatic rings. The summed E-state index contributed by atoms with van der Waals surface area (Å²) >= 11 is 12.5. The van der Waals surface area contributed by atoms with Crippen LogP contribution in [0.15, 0.2) is 12.1 Å². The van der Waals surface area contributed by atoms with E-state index in [4.69, 9.17) is 32.7 Å². The van der Waals surface area contributed by atoms with Crippen LogP contribution >= 0.6 is 23.2 Å². The maximum absolute atomic E-state index is 12.6. The van der Waals surface area contributed by atoms with Crippen LogP contribution in [0.3, 0.4) is 0 Å². The van der Waals surface area contributed by atoms with Crippen molar-refractivity contribution in [3.8, 4) is 5.75 Å². The Bertz CT molecular complexity index is 670. The Labute approximate surface area is 164 Å². The molecule has 1 aromatic rings. The molecule has 0 spiro atoms. The molecule has 0 heterocycles. The average molecular weight is 402 g/mol. The quantitative estimate of drug-likeness (QED) is 0.479. The lowest BCUT2D eigenvalue weighted by molar-refractivity contribution is -0.126. The largest absolute Gasteiger partial charge is 0.513 e. The fourth-order valence-corrected chi connectivity index (χ4v) is 3.30. The molecular weight excluding hydrogens is 377 g/mol. The highest BCUT2D eigenvalue weighted by Crippen LogP contribution is 2.40. The van der Waals surface area contributed by atoms with Gasteiger partial charge >= 0.3 is 6.16 Å². The van der Waals surface area contributed by atoms with Gasteiger partial charge in [0, 0.05) is 5.41 Å². The number of anilines is 1. The molecule has 26 heavy (non-hydrogen) atoms. The second-order valence-corrected chi connectivity index (χ2v) is 8.13. The summed E-state index contributed by atoms with van der Waals surface area (Å²) in [5.74, 6) is 0.216. The minimum atomic E-state index is -0.844. The standard InChI is InChI=1S/C19H25Cl2NO4/c1-12(2)11-25-18(24)26-14-8-7-13(15(20)16(14)21)22-17(23)19(3)9-5-4-6-10-19/h7-8,12H,4-6,9-11H2,1-3H3,(H,22,23). The van der Waals surface area contributed by atoms with E-state index in [2.05, 4.69) is 5.32 Å². The molecule has 1 N–H and O–H groups in total. The third-order valence-electron chi connectivity index (χ3n) is 4.53. The van der Waals surface area contributed by atoms with Crippen molar-refractivity contribution in [2.45, 2.75) is 52.9 Å². The molecule has 0 atom stereocenters. The van der Waals surface area contributed by atoms with Gasteiger partial charge in [-0.25, -0.2) is 4.79 Å². The lowest BCUT2D eigenvalue weighted by Gasteiger charge is -2.32. The summed E-state index contributed by atoms with van der Waals surface area (Å²) in [5.41, 5.74) is 0.000480. The molecule has 1 amide bonds. The Hall–Kier alpha value is -1.46. The van der Waals surface area contributed by atoms with Crippen molar-refractivity contribution >= 4 is 41.0 Å². The number of nitrogens with one attached hydrogen (secondary N) is 1. The smallest absolute Gasteiger partial charge is 0.434 e. The monoisotopic (exact) mass is 401 g/mol. The van der Waals surface area contributed by atoms with Gasteiger partial charge in [0.15, 0.2) is 5.75 Å². The Balaban J connectivity index is 2.06. The van der Waals surface area contributed by atoms with Gasteiger partial charge in [-0.15, -0.1) is 0 Å². The molecule has 5 nitrogen and oxygen atoms in total. The maximum Gasteiger partial charge on any atom is 0.513 e. The van der Waals surface area contributed by atoms with Crippen molar-refractivity contribution in [1.29, 1.82) is 0 Å². The van der Waals surface area contributed by atoms with Gasteiger partial charge in [0.25, 0.3) is 0 Å². The van der Waals surface area contributed by atoms with Gasteiger partial charge in [-0.2, -0.15) is 0 Å². The highest BCUT2D eigenvalue weighted by Gasteiger charge is 2.35. The minimum absolute atomic E-state index is 0.0553. The Morgan fingerprint density at radius 1 is 1.15 bits per heavy atom. The van der Waals surface area contributed by atoms with Crippen molar-refractivity contribution in [3.05, 3.63) is 22.2 Å². The lowest BCUT2D eigenvalue weighted by Crippen LogP contribution is -2.35. The molecule has 0 aromatic heterocycles. The third-order valence-corrected chi connectivity index (χ3v) is 5.39. The van der Waals surface area contributed by atoms with Gasteiger partial charge < -0.3 is 14.8 Å². The van der Waals surface area contributed by atoms with Crippen LogP contribution in [-0.4, -0.2) is 18.7 Å². The molecule has 2 rings (SSSR count). The van der Waals surface area contributed by atoms with E-state index < -0.39 is 11.6 Å². The molecule has 144 valence electrons. The molecule has 0 bridgehead atoms. The zero-order valence-electron chi connectivity index (χ0n) is 15.4. The van der Waals surface area contributed by atoms with Crippen molar-refractivity contribution < 1.29 is 19.1 Å². The molecule has 0 unspecified atom stereocenters. The predicted octanol–water partition coefficient (Wildman–Crippen LogP) is 6.07. The van der Waals surface area contributed by atoms with Crippen LogP contribution in [0.2, 0.25) is 10.0 Å². The summed E-state index contributed by atoms with van der Waals surface area (Å²) in [4.78, 5) is 24.3. The molecule has 7 heteroatoms. The molecule has 1 fully saturated rings. The van der Waals surface area contributed by atoms with Crippen LogP contribution in [0.25, 0.3) is 0 Å². The minimum Gasteiger partial charge on any atom is -0.434 e. The summed E-state index contributed by atoms with van der Waals surface area (Å²) in [6.45, 7) is 6.05. The van der Waals surface area contributed by atoms with Crippen LogP contribution in [0.1, 0.15) is 52.9 Å². The second-order valence-electron chi connectivity index (χ2n) is 7.37. The fourth-order valence-electron chi connectivity index (χ4n) is 2.89. The number of carbonyl (C=O) groups excluding carboxylic acids is 2. The Kier molecular flexibility index (Phi) is 7.18. The molecule has 0 aliphatic heterocycles. The van der Waals surface area contributed by atoms with Crippen LogP contribution < -0.4 is 10.1 Å². The SMILES string of the molecule is CC(C)COC(=O)Oc1ccc(NC(=O)C2(C)CCCCC2)c(Cl)c1Cl. The molecule has 1 saturated carbocycles. The van der Waals surface area contributed by atoms with Gasteiger partial charge in [-0.1, -0.05) is 63.2 Å². The second kappa shape index (κ2) is 8.96. The number of carbonyl (C=O) groups is 2. The summed E-state index contributed by atoms with van der Waals surface area (Å²) in [7, 11) is 0. The van der Waals surface area contributed by atoms with Crippen molar-refractivity contribution in [2.75, 3.05) is 11.9 Å². The molecule has 1 aromatic carbocycles. The van der Waals surface area contributed by atoms with Crippen LogP contribution in [0, 0.1) is 11.3 Å². The van der Waals surface area contributed by atoms with Gasteiger partial charge in [0.1, 0.15) is 5.02 Å². The van der Waals surface area contributed by atoms with Crippen molar-refractivity contribution in [2.24, 2.45) is 11.3 Å². The first-order chi connectivity index (χ1) is 12.2. The Morgan fingerprint density at radius 3 is 2.42 bits per heavy atom. The van der Waals surface area contributed by atoms with E-state index in [1.165, 1.54) is 6.07 Å². The van der Waals surface area contributed by atoms with E-state index in [1.54, 1.807) is 6.07 Å². The zero-order valence-corrected chi connectivity index (χ0v) is 16.9. The maximum atomic E-state index is 12.6. The number of hydrogen-bond acceptors (Lipinski definition) is 4. The van der Waals surface area contributed by atoms with Crippen molar-refractivity contribution in [3.63, 3.8) is 0 Å². The first kappa shape index (κ1) is 20.8. The highest BCUT2D eigenvalue weighted by molar-refractivity contribution is 6.45. The number of amides is 1. The van der Waals surface area contributed by atoms with Gasteiger partial charge in [0.2, 0.25) is 5.91 Å². The molecular formula is C19H25Cl2NO4. The van der Waals surface area contributed by atoms with E-state index in [9.17, 15) is 9.59 Å². The normalized spacial score (nSPS) is 16.2. The fraction of sp³-hybridized carbons (Fsp3) is 0.579. The first-order valence-electron chi connectivity index (χ1n) is 8.87. The number of hydrogen-bond donors (Lipinski definition) is 1. The number of ether oxygens (including phenoxy) is 2. The summed E-state index contributed by atoms with van der Waals surface area (Å²) in [6.07, 6.45) is 4.12. The number of rotatable bonds is 5. The number of benzene rings is 1. The van der Waals surface area contributed by atoms with Gasteiger partial charge in [-0.3, -0.25) is 4.79 Å². The van der Waals surface area contributed by atoms with Crippen LogP contribution in [-0.2, 0) is 9.53 Å². The molecule has 0 radical (unpaired) electrons. The predicted molar refractivity (Wildman–Crippen MR) is 103 cm³/mol. The van der Waals surface area contributed by atoms with E-state index >= 15 is 0 Å². The summed E-state index contributed by atoms with van der Waals surface area (Å²) < 4.78 is 10.0. The van der Waals surface area contributed by atoms with E-state index in [1.807, 2.05) is 20.8 Å². The summed E-state index contributed by atoms with van der Waals surface area (Å²) in [6, 6.07) is 3.06. The van der Waals surface area contributed by atoms with E-state index in [0.29, 0.717) is 5.69 Å². The van der Waals surface area contributed by atoms with Crippen molar-refractivity contribution in [1.82, 2.24) is 0 Å². The van der Waals surface area contributed by atoms with E-state index in [-0.39, 0.29) is 34.2 Å². The van der Waals surface area contributed by atoms with Gasteiger partial charge in [-0.05, 0) is 30.9 Å². The number of halogens is 2. The summed E-state index contributed by atoms with van der Waals surface area (Å²) in [5, 5.41) is 3.04. The molecule has 1 aliphatic carbocycles. The zero-order chi connectivity index (χ0) is 19.3. The van der Waals surface area contributed by atoms with Gasteiger partial charge in [0.05, 0.1) is 17.3 Å². The first-order valence-corrected chi connectivity index (χ1v) is 9.62. The topological polar surface area (TPSA) is 64.6 Å². The lowest BCUT2D eigenvalue weighted by atomic mass is 9.75. The van der Waals surface area contributed by atoms with Crippen LogP contribution in [0.4, 0.5) is 10.5 Å². The average Bonchev–Trinajstić information content (AvgIpc) is 2.60. The molecule has 0 saturated heterocycles. The van der Waals surface area contributed by atoms with E-state index in [0.717, 1.165) is 32.1 Å². The third kappa shape index (κ3) is 5.27. The highest BCUT2D eigenvalue weighted by atomic mass is 35.5.